The van der Waals surface area contributed by atoms with Gasteiger partial charge in [0.25, 0.3) is 0 Å². The van der Waals surface area contributed by atoms with Gasteiger partial charge in [0.15, 0.2) is 0 Å². The van der Waals surface area contributed by atoms with Crippen LogP contribution in [-0.4, -0.2) is 21.5 Å². The zero-order valence-corrected chi connectivity index (χ0v) is 9.64. The zero-order chi connectivity index (χ0) is 10.6. The third-order valence-corrected chi connectivity index (χ3v) is 3.10. The minimum atomic E-state index is -3.42. The molecule has 5 nitrogen and oxygen atoms in total. The number of anilines is 1. The normalized spacial score (nSPS) is 10.7. The lowest BCUT2D eigenvalue weighted by Gasteiger charge is -2.05. The molecular weight excluding hydrogens is 238 g/mol. The third-order valence-electron chi connectivity index (χ3n) is 1.63. The van der Waals surface area contributed by atoms with E-state index in [-0.39, 0.29) is 30.4 Å². The summed E-state index contributed by atoms with van der Waals surface area (Å²) in [6.45, 7) is 0.501. The molecule has 0 aliphatic carbocycles. The first kappa shape index (κ1) is 14.2. The number of nitrogens with one attached hydrogen (secondary N) is 1. The van der Waals surface area contributed by atoms with Crippen molar-refractivity contribution in [1.82, 2.24) is 4.72 Å². The van der Waals surface area contributed by atoms with Crippen LogP contribution in [-0.2, 0) is 10.0 Å². The number of nitrogen functional groups attached to an aromatic ring is 1. The molecule has 0 fully saturated rings. The summed E-state index contributed by atoms with van der Waals surface area (Å²) in [6.07, 6.45) is 0. The summed E-state index contributed by atoms with van der Waals surface area (Å²) in [5.74, 6) is 0. The second kappa shape index (κ2) is 5.92. The lowest BCUT2D eigenvalue weighted by atomic mass is 10.3. The Morgan fingerprint density at radius 3 is 2.20 bits per heavy atom. The topological polar surface area (TPSA) is 98.2 Å². The number of hydrogen-bond acceptors (Lipinski definition) is 4. The van der Waals surface area contributed by atoms with Crippen molar-refractivity contribution >= 4 is 28.1 Å². The van der Waals surface area contributed by atoms with E-state index in [9.17, 15) is 8.42 Å². The molecule has 0 atom stereocenters. The number of rotatable bonds is 4. The third kappa shape index (κ3) is 4.05. The summed E-state index contributed by atoms with van der Waals surface area (Å²) in [6, 6.07) is 5.98. The molecular formula is C8H14ClN3O2S. The van der Waals surface area contributed by atoms with Crippen LogP contribution < -0.4 is 16.2 Å². The highest BCUT2D eigenvalue weighted by molar-refractivity contribution is 7.89. The van der Waals surface area contributed by atoms with Crippen LogP contribution in [0.1, 0.15) is 0 Å². The molecule has 0 spiro atoms. The molecule has 0 radical (unpaired) electrons. The predicted octanol–water partition coefficient (Wildman–Crippen LogP) is -0.0724. The van der Waals surface area contributed by atoms with Crippen LogP contribution in [0.2, 0.25) is 0 Å². The van der Waals surface area contributed by atoms with Gasteiger partial charge < -0.3 is 11.5 Å². The summed E-state index contributed by atoms with van der Waals surface area (Å²) in [7, 11) is -3.42. The van der Waals surface area contributed by atoms with Crippen LogP contribution in [0.15, 0.2) is 29.2 Å². The first-order chi connectivity index (χ1) is 6.56. The molecule has 5 N–H and O–H groups in total. The Kier molecular flexibility index (Phi) is 5.59. The van der Waals surface area contributed by atoms with E-state index in [1.807, 2.05) is 0 Å². The Hall–Kier alpha value is -0.820. The van der Waals surface area contributed by atoms with Gasteiger partial charge in [-0.2, -0.15) is 0 Å². The van der Waals surface area contributed by atoms with Crippen molar-refractivity contribution in [2.45, 2.75) is 4.90 Å². The quantitative estimate of drug-likeness (QED) is 0.653. The molecule has 0 aliphatic heterocycles. The van der Waals surface area contributed by atoms with Crippen molar-refractivity contribution in [2.75, 3.05) is 18.8 Å². The van der Waals surface area contributed by atoms with E-state index >= 15 is 0 Å². The van der Waals surface area contributed by atoms with Gasteiger partial charge in [-0.15, -0.1) is 12.4 Å². The Labute approximate surface area is 95.3 Å². The minimum absolute atomic E-state index is 0. The molecule has 0 aromatic heterocycles. The van der Waals surface area contributed by atoms with Crippen LogP contribution in [0.4, 0.5) is 5.69 Å². The van der Waals surface area contributed by atoms with Crippen molar-refractivity contribution in [3.63, 3.8) is 0 Å². The highest BCUT2D eigenvalue weighted by Gasteiger charge is 2.11. The zero-order valence-electron chi connectivity index (χ0n) is 8.01. The van der Waals surface area contributed by atoms with E-state index in [0.717, 1.165) is 0 Å². The van der Waals surface area contributed by atoms with Gasteiger partial charge in [0.2, 0.25) is 10.0 Å². The summed E-state index contributed by atoms with van der Waals surface area (Å²) < 4.78 is 25.3. The number of hydrogen-bond donors (Lipinski definition) is 3. The summed E-state index contributed by atoms with van der Waals surface area (Å²) in [5, 5.41) is 0. The van der Waals surface area contributed by atoms with Gasteiger partial charge in [-0.05, 0) is 24.3 Å². The van der Waals surface area contributed by atoms with Crippen molar-refractivity contribution < 1.29 is 8.42 Å². The van der Waals surface area contributed by atoms with Gasteiger partial charge in [-0.3, -0.25) is 0 Å². The maximum atomic E-state index is 11.5. The fraction of sp³-hybridized carbons (Fsp3) is 0.250. The molecule has 86 valence electrons. The highest BCUT2D eigenvalue weighted by atomic mass is 35.5. The van der Waals surface area contributed by atoms with Gasteiger partial charge in [0.1, 0.15) is 0 Å². The Morgan fingerprint density at radius 1 is 1.20 bits per heavy atom. The second-order valence-electron chi connectivity index (χ2n) is 2.76. The smallest absolute Gasteiger partial charge is 0.240 e. The van der Waals surface area contributed by atoms with Crippen molar-refractivity contribution in [1.29, 1.82) is 0 Å². The molecule has 7 heteroatoms. The summed E-state index contributed by atoms with van der Waals surface area (Å²) in [5.41, 5.74) is 11.2. The Balaban J connectivity index is 0.00000196. The molecule has 15 heavy (non-hydrogen) atoms. The predicted molar refractivity (Wildman–Crippen MR) is 62.3 cm³/mol. The lowest BCUT2D eigenvalue weighted by molar-refractivity contribution is 0.582. The monoisotopic (exact) mass is 251 g/mol. The van der Waals surface area contributed by atoms with E-state index in [2.05, 4.69) is 4.72 Å². The average Bonchev–Trinajstić information content (AvgIpc) is 2.16. The molecule has 0 saturated carbocycles. The first-order valence-electron chi connectivity index (χ1n) is 4.11. The van der Waals surface area contributed by atoms with Gasteiger partial charge in [0, 0.05) is 18.8 Å². The number of sulfonamides is 1. The molecule has 1 rings (SSSR count). The molecule has 0 unspecified atom stereocenters. The molecule has 0 aliphatic rings. The molecule has 1 aromatic carbocycles. The number of nitrogens with two attached hydrogens (primary N) is 2. The van der Waals surface area contributed by atoms with Gasteiger partial charge >= 0.3 is 0 Å². The summed E-state index contributed by atoms with van der Waals surface area (Å²) >= 11 is 0. The van der Waals surface area contributed by atoms with Crippen LogP contribution in [0.3, 0.4) is 0 Å². The van der Waals surface area contributed by atoms with Gasteiger partial charge in [-0.25, -0.2) is 13.1 Å². The SMILES string of the molecule is Cl.NCCNS(=O)(=O)c1ccc(N)cc1. The first-order valence-corrected chi connectivity index (χ1v) is 5.60. The Morgan fingerprint density at radius 2 is 1.73 bits per heavy atom. The molecule has 1 aromatic rings. The van der Waals surface area contributed by atoms with Crippen LogP contribution in [0.5, 0.6) is 0 Å². The van der Waals surface area contributed by atoms with Crippen LogP contribution >= 0.6 is 12.4 Å². The van der Waals surface area contributed by atoms with E-state index in [4.69, 9.17) is 11.5 Å². The maximum Gasteiger partial charge on any atom is 0.240 e. The van der Waals surface area contributed by atoms with Crippen molar-refractivity contribution in [2.24, 2.45) is 5.73 Å². The minimum Gasteiger partial charge on any atom is -0.399 e. The highest BCUT2D eigenvalue weighted by Crippen LogP contribution is 2.10. The van der Waals surface area contributed by atoms with Gasteiger partial charge in [0.05, 0.1) is 4.90 Å². The summed E-state index contributed by atoms with van der Waals surface area (Å²) in [4.78, 5) is 0.195. The second-order valence-corrected chi connectivity index (χ2v) is 4.52. The average molecular weight is 252 g/mol. The maximum absolute atomic E-state index is 11.5. The van der Waals surface area contributed by atoms with Gasteiger partial charge in [-0.1, -0.05) is 0 Å². The lowest BCUT2D eigenvalue weighted by Crippen LogP contribution is -2.29. The largest absolute Gasteiger partial charge is 0.399 e. The molecule has 0 amide bonds. The number of benzene rings is 1. The molecule has 0 saturated heterocycles. The molecule has 0 heterocycles. The van der Waals surface area contributed by atoms with Crippen LogP contribution in [0.25, 0.3) is 0 Å². The fourth-order valence-electron chi connectivity index (χ4n) is 0.924. The van der Waals surface area contributed by atoms with E-state index in [0.29, 0.717) is 5.69 Å². The van der Waals surface area contributed by atoms with Crippen molar-refractivity contribution in [3.8, 4) is 0 Å². The van der Waals surface area contributed by atoms with Crippen LogP contribution in [0, 0.1) is 0 Å². The van der Waals surface area contributed by atoms with E-state index in [1.54, 1.807) is 0 Å². The number of halogens is 1. The van der Waals surface area contributed by atoms with E-state index in [1.165, 1.54) is 24.3 Å². The molecule has 0 bridgehead atoms. The Bertz CT molecular complexity index is 391. The van der Waals surface area contributed by atoms with Crippen molar-refractivity contribution in [3.05, 3.63) is 24.3 Å². The van der Waals surface area contributed by atoms with E-state index < -0.39 is 10.0 Å². The fourth-order valence-corrected chi connectivity index (χ4v) is 1.97. The standard InChI is InChI=1S/C8H13N3O2S.ClH/c9-5-6-11-14(12,13)8-3-1-7(10)2-4-8;/h1-4,11H,5-6,9-10H2;1H.